The minimum atomic E-state index is -0.106. The highest BCUT2D eigenvalue weighted by Crippen LogP contribution is 2.44. The van der Waals surface area contributed by atoms with Crippen molar-refractivity contribution in [1.29, 1.82) is 0 Å². The van der Waals surface area contributed by atoms with Crippen molar-refractivity contribution in [3.8, 4) is 0 Å². The van der Waals surface area contributed by atoms with Crippen molar-refractivity contribution in [2.75, 3.05) is 18.0 Å². The molecule has 1 unspecified atom stereocenters. The van der Waals surface area contributed by atoms with E-state index in [1.807, 2.05) is 29.2 Å². The second-order valence-electron chi connectivity index (χ2n) is 7.73. The number of para-hydroxylation sites is 1. The summed E-state index contributed by atoms with van der Waals surface area (Å²) in [5.41, 5.74) is 2.28. The molecule has 0 spiro atoms. The molecule has 1 aromatic carbocycles. The summed E-state index contributed by atoms with van der Waals surface area (Å²) < 4.78 is 0.574. The van der Waals surface area contributed by atoms with Crippen molar-refractivity contribution < 1.29 is 9.59 Å². The van der Waals surface area contributed by atoms with Gasteiger partial charge in [0.05, 0.1) is 16.2 Å². The number of rotatable bonds is 9. The first-order chi connectivity index (χ1) is 14.0. The van der Waals surface area contributed by atoms with E-state index >= 15 is 0 Å². The maximum atomic E-state index is 13.3. The molecule has 1 atom stereocenters. The van der Waals surface area contributed by atoms with Crippen LogP contribution in [-0.2, 0) is 9.59 Å². The van der Waals surface area contributed by atoms with Gasteiger partial charge in [0, 0.05) is 18.7 Å². The Labute approximate surface area is 183 Å². The van der Waals surface area contributed by atoms with Gasteiger partial charge in [-0.15, -0.1) is 0 Å². The Morgan fingerprint density at radius 1 is 1.00 bits per heavy atom. The van der Waals surface area contributed by atoms with Crippen LogP contribution in [0.1, 0.15) is 64.9 Å². The van der Waals surface area contributed by atoms with Gasteiger partial charge in [-0.25, -0.2) is 0 Å². The van der Waals surface area contributed by atoms with Crippen molar-refractivity contribution in [2.24, 2.45) is 5.92 Å². The van der Waals surface area contributed by atoms with Gasteiger partial charge in [0.15, 0.2) is 0 Å². The lowest BCUT2D eigenvalue weighted by Gasteiger charge is -2.21. The zero-order valence-corrected chi connectivity index (χ0v) is 19.2. The first-order valence-electron chi connectivity index (χ1n) is 10.7. The van der Waals surface area contributed by atoms with Crippen LogP contribution in [0.25, 0.3) is 5.57 Å². The Bertz CT molecular complexity index is 834. The lowest BCUT2D eigenvalue weighted by atomic mass is 9.98. The number of hydrogen-bond acceptors (Lipinski definition) is 4. The molecule has 2 aliphatic heterocycles. The van der Waals surface area contributed by atoms with Crippen LogP contribution in [0.15, 0.2) is 29.2 Å². The van der Waals surface area contributed by atoms with Crippen molar-refractivity contribution in [3.63, 3.8) is 0 Å². The SMILES string of the molecule is CCCCC(CC)CN1C(=O)C(=C2C(=O)N(CCCC)c3ccccc32)SC1=S. The van der Waals surface area contributed by atoms with Gasteiger partial charge in [-0.3, -0.25) is 14.5 Å². The molecule has 29 heavy (non-hydrogen) atoms. The van der Waals surface area contributed by atoms with Gasteiger partial charge in [-0.1, -0.05) is 88.6 Å². The van der Waals surface area contributed by atoms with Gasteiger partial charge in [-0.2, -0.15) is 0 Å². The second kappa shape index (κ2) is 9.90. The van der Waals surface area contributed by atoms with E-state index in [1.54, 1.807) is 4.90 Å². The molecule has 0 N–H and O–H groups in total. The van der Waals surface area contributed by atoms with E-state index in [0.29, 0.717) is 33.8 Å². The number of carbonyl (C=O) groups excluding carboxylic acids is 2. The van der Waals surface area contributed by atoms with Crippen molar-refractivity contribution in [1.82, 2.24) is 4.90 Å². The number of anilines is 1. The molecule has 0 aliphatic carbocycles. The molecule has 4 nitrogen and oxygen atoms in total. The fraction of sp³-hybridized carbons (Fsp3) is 0.522. The van der Waals surface area contributed by atoms with E-state index < -0.39 is 0 Å². The summed E-state index contributed by atoms with van der Waals surface area (Å²) in [6.07, 6.45) is 6.38. The Morgan fingerprint density at radius 2 is 1.72 bits per heavy atom. The summed E-state index contributed by atoms with van der Waals surface area (Å²) in [6, 6.07) is 7.78. The fourth-order valence-corrected chi connectivity index (χ4v) is 5.27. The molecule has 1 saturated heterocycles. The highest BCUT2D eigenvalue weighted by Gasteiger charge is 2.42. The first kappa shape index (κ1) is 22.0. The third-order valence-electron chi connectivity index (χ3n) is 5.72. The van der Waals surface area contributed by atoms with E-state index in [1.165, 1.54) is 11.8 Å². The van der Waals surface area contributed by atoms with E-state index in [0.717, 1.165) is 49.8 Å². The quantitative estimate of drug-likeness (QED) is 0.376. The molecule has 3 rings (SSSR count). The smallest absolute Gasteiger partial charge is 0.267 e. The van der Waals surface area contributed by atoms with Gasteiger partial charge in [0.25, 0.3) is 11.8 Å². The first-order valence-corrected chi connectivity index (χ1v) is 11.9. The molecular weight excluding hydrogens is 400 g/mol. The molecule has 2 aliphatic rings. The molecule has 1 aromatic rings. The third-order valence-corrected chi connectivity index (χ3v) is 7.17. The van der Waals surface area contributed by atoms with E-state index in [9.17, 15) is 9.59 Å². The van der Waals surface area contributed by atoms with Gasteiger partial charge in [0.1, 0.15) is 4.32 Å². The second-order valence-corrected chi connectivity index (χ2v) is 9.38. The Morgan fingerprint density at radius 3 is 2.41 bits per heavy atom. The highest BCUT2D eigenvalue weighted by atomic mass is 32.2. The number of benzene rings is 1. The molecule has 0 aromatic heterocycles. The normalized spacial score (nSPS) is 20.0. The van der Waals surface area contributed by atoms with Gasteiger partial charge in [0.2, 0.25) is 0 Å². The van der Waals surface area contributed by atoms with Crippen molar-refractivity contribution >= 4 is 51.4 Å². The molecular formula is C23H30N2O2S2. The zero-order valence-electron chi connectivity index (χ0n) is 17.6. The van der Waals surface area contributed by atoms with Crippen molar-refractivity contribution in [3.05, 3.63) is 34.7 Å². The number of thioether (sulfide) groups is 1. The summed E-state index contributed by atoms with van der Waals surface area (Å²) in [5, 5.41) is 0. The Balaban J connectivity index is 1.92. The topological polar surface area (TPSA) is 40.6 Å². The monoisotopic (exact) mass is 430 g/mol. The summed E-state index contributed by atoms with van der Waals surface area (Å²) in [6.45, 7) is 7.78. The lowest BCUT2D eigenvalue weighted by molar-refractivity contribution is -0.123. The number of amides is 2. The summed E-state index contributed by atoms with van der Waals surface area (Å²) >= 11 is 6.84. The van der Waals surface area contributed by atoms with Gasteiger partial charge >= 0.3 is 0 Å². The molecule has 2 heterocycles. The molecule has 0 bridgehead atoms. The van der Waals surface area contributed by atoms with Crippen LogP contribution in [0.5, 0.6) is 0 Å². The van der Waals surface area contributed by atoms with Crippen LogP contribution >= 0.6 is 24.0 Å². The minimum Gasteiger partial charge on any atom is -0.308 e. The Kier molecular flexibility index (Phi) is 7.52. The van der Waals surface area contributed by atoms with Gasteiger partial charge in [-0.05, 0) is 24.8 Å². The zero-order chi connectivity index (χ0) is 21.0. The number of unbranched alkanes of at least 4 members (excludes halogenated alkanes) is 2. The molecule has 0 radical (unpaired) electrons. The maximum absolute atomic E-state index is 13.3. The van der Waals surface area contributed by atoms with E-state index in [-0.39, 0.29) is 11.8 Å². The molecule has 6 heteroatoms. The summed E-state index contributed by atoms with van der Waals surface area (Å²) in [7, 11) is 0. The largest absolute Gasteiger partial charge is 0.308 e. The van der Waals surface area contributed by atoms with E-state index in [4.69, 9.17) is 12.2 Å². The van der Waals surface area contributed by atoms with Crippen LogP contribution in [0.4, 0.5) is 5.69 Å². The molecule has 156 valence electrons. The minimum absolute atomic E-state index is 0.0711. The summed E-state index contributed by atoms with van der Waals surface area (Å²) in [4.78, 5) is 30.6. The average Bonchev–Trinajstić information content (AvgIpc) is 3.16. The lowest BCUT2D eigenvalue weighted by Crippen LogP contribution is -2.33. The molecule has 1 fully saturated rings. The standard InChI is InChI=1S/C23H30N2O2S2/c1-4-7-11-16(6-3)15-25-22(27)20(29-23(25)28)19-17-12-9-10-13-18(17)24(21(19)26)14-8-5-2/h9-10,12-13,16H,4-8,11,14-15H2,1-3H3. The molecule has 2 amide bonds. The van der Waals surface area contributed by atoms with Crippen LogP contribution in [0.3, 0.4) is 0 Å². The van der Waals surface area contributed by atoms with E-state index in [2.05, 4.69) is 20.8 Å². The average molecular weight is 431 g/mol. The van der Waals surface area contributed by atoms with Crippen molar-refractivity contribution in [2.45, 2.75) is 59.3 Å². The van der Waals surface area contributed by atoms with Crippen LogP contribution < -0.4 is 4.90 Å². The fourth-order valence-electron chi connectivity index (χ4n) is 3.92. The van der Waals surface area contributed by atoms with Crippen LogP contribution in [0.2, 0.25) is 0 Å². The number of nitrogens with zero attached hydrogens (tertiary/aromatic N) is 2. The number of thiocarbonyl (C=S) groups is 1. The Hall–Kier alpha value is -1.66. The summed E-state index contributed by atoms with van der Waals surface area (Å²) in [5.74, 6) is 0.262. The van der Waals surface area contributed by atoms with Crippen LogP contribution in [-0.4, -0.2) is 34.1 Å². The molecule has 0 saturated carbocycles. The highest BCUT2D eigenvalue weighted by molar-refractivity contribution is 8.26. The third kappa shape index (κ3) is 4.43. The number of carbonyl (C=O) groups is 2. The number of hydrogen-bond donors (Lipinski definition) is 0. The van der Waals surface area contributed by atoms with Gasteiger partial charge < -0.3 is 4.90 Å². The predicted molar refractivity (Wildman–Crippen MR) is 126 cm³/mol. The van der Waals surface area contributed by atoms with Crippen LogP contribution in [0, 0.1) is 5.92 Å². The predicted octanol–water partition coefficient (Wildman–Crippen LogP) is 5.62. The maximum Gasteiger partial charge on any atom is 0.267 e. The number of fused-ring (bicyclic) bond motifs is 1.